The number of rotatable bonds is 4. The summed E-state index contributed by atoms with van der Waals surface area (Å²) in [5, 5.41) is 9.18. The Hall–Kier alpha value is -0.650. The van der Waals surface area contributed by atoms with Gasteiger partial charge in [0.2, 0.25) is 5.91 Å². The summed E-state index contributed by atoms with van der Waals surface area (Å²) in [6.07, 6.45) is 0. The van der Waals surface area contributed by atoms with Crippen LogP contribution in [0.4, 0.5) is 0 Å². The van der Waals surface area contributed by atoms with Crippen molar-refractivity contribution < 1.29 is 14.6 Å². The first kappa shape index (κ1) is 13.4. The fourth-order valence-corrected chi connectivity index (χ4v) is 1.64. The lowest BCUT2D eigenvalue weighted by molar-refractivity contribution is -0.135. The standard InChI is InChI=1S/C11H22N2O3/c1-9(2)12(3)11(15)6-13-4-5-16-8-10(13)7-14/h9-10,14H,4-8H2,1-3H3. The third-order valence-corrected chi connectivity index (χ3v) is 3.07. The minimum atomic E-state index is -0.0433. The molecule has 0 aromatic rings. The Kier molecular flexibility index (Phi) is 5.18. The minimum Gasteiger partial charge on any atom is -0.395 e. The van der Waals surface area contributed by atoms with Gasteiger partial charge in [0.15, 0.2) is 0 Å². The summed E-state index contributed by atoms with van der Waals surface area (Å²) in [5.74, 6) is 0.0929. The highest BCUT2D eigenvalue weighted by Gasteiger charge is 2.25. The van der Waals surface area contributed by atoms with Gasteiger partial charge in [0, 0.05) is 19.6 Å². The number of hydrogen-bond donors (Lipinski definition) is 1. The third-order valence-electron chi connectivity index (χ3n) is 3.07. The highest BCUT2D eigenvalue weighted by atomic mass is 16.5. The highest BCUT2D eigenvalue weighted by Crippen LogP contribution is 2.07. The van der Waals surface area contributed by atoms with E-state index in [0.29, 0.717) is 26.3 Å². The van der Waals surface area contributed by atoms with Crippen molar-refractivity contribution >= 4 is 5.91 Å². The summed E-state index contributed by atoms with van der Waals surface area (Å²) in [4.78, 5) is 15.6. The van der Waals surface area contributed by atoms with Crippen LogP contribution < -0.4 is 0 Å². The molecule has 1 saturated heterocycles. The van der Waals surface area contributed by atoms with E-state index in [1.54, 1.807) is 11.9 Å². The maximum atomic E-state index is 11.9. The van der Waals surface area contributed by atoms with Crippen LogP contribution in [-0.4, -0.2) is 72.9 Å². The van der Waals surface area contributed by atoms with Gasteiger partial charge in [0.05, 0.1) is 32.4 Å². The summed E-state index contributed by atoms with van der Waals surface area (Å²) < 4.78 is 5.27. The number of aliphatic hydroxyl groups is 1. The fraction of sp³-hybridized carbons (Fsp3) is 0.909. The number of carbonyl (C=O) groups is 1. The summed E-state index contributed by atoms with van der Waals surface area (Å²) in [6, 6.07) is 0.166. The van der Waals surface area contributed by atoms with Gasteiger partial charge in [-0.05, 0) is 13.8 Å². The Labute approximate surface area is 97.0 Å². The van der Waals surface area contributed by atoms with Gasteiger partial charge < -0.3 is 14.7 Å². The van der Waals surface area contributed by atoms with Crippen LogP contribution in [-0.2, 0) is 9.53 Å². The second kappa shape index (κ2) is 6.18. The molecule has 1 N–H and O–H groups in total. The van der Waals surface area contributed by atoms with Crippen molar-refractivity contribution in [3.8, 4) is 0 Å². The Morgan fingerprint density at radius 1 is 1.62 bits per heavy atom. The molecule has 94 valence electrons. The summed E-state index contributed by atoms with van der Waals surface area (Å²) in [7, 11) is 1.81. The maximum Gasteiger partial charge on any atom is 0.236 e. The number of ether oxygens (including phenoxy) is 1. The number of aliphatic hydroxyl groups excluding tert-OH is 1. The molecule has 0 bridgehead atoms. The topological polar surface area (TPSA) is 53.0 Å². The molecule has 0 aromatic carbocycles. The van der Waals surface area contributed by atoms with Crippen molar-refractivity contribution in [1.82, 2.24) is 9.80 Å². The molecule has 1 heterocycles. The zero-order valence-electron chi connectivity index (χ0n) is 10.3. The molecule has 0 radical (unpaired) electrons. The first-order chi connectivity index (χ1) is 7.56. The molecule has 1 rings (SSSR count). The van der Waals surface area contributed by atoms with Gasteiger partial charge >= 0.3 is 0 Å². The van der Waals surface area contributed by atoms with Crippen molar-refractivity contribution in [3.05, 3.63) is 0 Å². The fourth-order valence-electron chi connectivity index (χ4n) is 1.64. The molecule has 1 unspecified atom stereocenters. The molecule has 1 amide bonds. The van der Waals surface area contributed by atoms with Crippen LogP contribution in [0.2, 0.25) is 0 Å². The number of carbonyl (C=O) groups excluding carboxylic acids is 1. The maximum absolute atomic E-state index is 11.9. The Balaban J connectivity index is 2.48. The Bertz CT molecular complexity index is 233. The molecular formula is C11H22N2O3. The minimum absolute atomic E-state index is 0.0404. The van der Waals surface area contributed by atoms with Crippen LogP contribution in [0, 0.1) is 0 Å². The second-order valence-corrected chi connectivity index (χ2v) is 4.48. The lowest BCUT2D eigenvalue weighted by Crippen LogP contribution is -2.52. The summed E-state index contributed by atoms with van der Waals surface area (Å²) in [6.45, 7) is 6.23. The average Bonchev–Trinajstić information content (AvgIpc) is 2.28. The van der Waals surface area contributed by atoms with Crippen LogP contribution in [0.1, 0.15) is 13.8 Å². The molecule has 1 aliphatic rings. The largest absolute Gasteiger partial charge is 0.395 e. The smallest absolute Gasteiger partial charge is 0.236 e. The normalized spacial score (nSPS) is 22.4. The van der Waals surface area contributed by atoms with Gasteiger partial charge in [0.1, 0.15) is 0 Å². The highest BCUT2D eigenvalue weighted by molar-refractivity contribution is 5.78. The number of hydrogen-bond acceptors (Lipinski definition) is 4. The van der Waals surface area contributed by atoms with Crippen molar-refractivity contribution in [2.45, 2.75) is 25.9 Å². The predicted octanol–water partition coefficient (Wildman–Crippen LogP) is -0.454. The summed E-state index contributed by atoms with van der Waals surface area (Å²) >= 11 is 0. The molecule has 16 heavy (non-hydrogen) atoms. The van der Waals surface area contributed by atoms with E-state index < -0.39 is 0 Å². The first-order valence-electron chi connectivity index (χ1n) is 5.74. The van der Waals surface area contributed by atoms with E-state index in [1.165, 1.54) is 0 Å². The van der Waals surface area contributed by atoms with E-state index in [0.717, 1.165) is 0 Å². The van der Waals surface area contributed by atoms with Crippen molar-refractivity contribution in [3.63, 3.8) is 0 Å². The van der Waals surface area contributed by atoms with Gasteiger partial charge in [-0.1, -0.05) is 0 Å². The van der Waals surface area contributed by atoms with Gasteiger partial charge in [-0.25, -0.2) is 0 Å². The van der Waals surface area contributed by atoms with E-state index in [-0.39, 0.29) is 24.6 Å². The lowest BCUT2D eigenvalue weighted by atomic mass is 10.2. The van der Waals surface area contributed by atoms with E-state index in [9.17, 15) is 9.90 Å². The van der Waals surface area contributed by atoms with Gasteiger partial charge in [-0.2, -0.15) is 0 Å². The third kappa shape index (κ3) is 3.43. The van der Waals surface area contributed by atoms with E-state index >= 15 is 0 Å². The number of likely N-dealkylation sites (N-methyl/N-ethyl adjacent to an activating group) is 1. The molecule has 0 spiro atoms. The predicted molar refractivity (Wildman–Crippen MR) is 61.2 cm³/mol. The number of nitrogens with zero attached hydrogens (tertiary/aromatic N) is 2. The Morgan fingerprint density at radius 2 is 2.31 bits per heavy atom. The van der Waals surface area contributed by atoms with E-state index in [1.807, 2.05) is 18.7 Å². The van der Waals surface area contributed by atoms with Gasteiger partial charge in [-0.15, -0.1) is 0 Å². The van der Waals surface area contributed by atoms with Crippen LogP contribution in [0.5, 0.6) is 0 Å². The molecule has 0 aliphatic carbocycles. The SMILES string of the molecule is CC(C)N(C)C(=O)CN1CCOCC1CO. The van der Waals surface area contributed by atoms with Crippen molar-refractivity contribution in [2.75, 3.05) is 40.0 Å². The molecule has 0 aromatic heterocycles. The van der Waals surface area contributed by atoms with Crippen LogP contribution in [0.25, 0.3) is 0 Å². The van der Waals surface area contributed by atoms with Crippen molar-refractivity contribution in [2.24, 2.45) is 0 Å². The molecule has 1 atom stereocenters. The molecule has 1 aliphatic heterocycles. The molecule has 5 heteroatoms. The Morgan fingerprint density at radius 3 is 2.88 bits per heavy atom. The van der Waals surface area contributed by atoms with E-state index in [4.69, 9.17) is 4.74 Å². The zero-order chi connectivity index (χ0) is 12.1. The quantitative estimate of drug-likeness (QED) is 0.710. The zero-order valence-corrected chi connectivity index (χ0v) is 10.3. The van der Waals surface area contributed by atoms with Crippen molar-refractivity contribution in [1.29, 1.82) is 0 Å². The average molecular weight is 230 g/mol. The second-order valence-electron chi connectivity index (χ2n) is 4.48. The van der Waals surface area contributed by atoms with E-state index in [2.05, 4.69) is 0 Å². The van der Waals surface area contributed by atoms with Crippen LogP contribution in [0.15, 0.2) is 0 Å². The molecule has 1 fully saturated rings. The first-order valence-corrected chi connectivity index (χ1v) is 5.74. The van der Waals surface area contributed by atoms with Gasteiger partial charge in [-0.3, -0.25) is 9.69 Å². The molecular weight excluding hydrogens is 208 g/mol. The number of morpholine rings is 1. The van der Waals surface area contributed by atoms with Crippen LogP contribution in [0.3, 0.4) is 0 Å². The number of amides is 1. The lowest BCUT2D eigenvalue weighted by Gasteiger charge is -2.35. The van der Waals surface area contributed by atoms with Crippen LogP contribution >= 0.6 is 0 Å². The monoisotopic (exact) mass is 230 g/mol. The molecule has 5 nitrogen and oxygen atoms in total. The summed E-state index contributed by atoms with van der Waals surface area (Å²) in [5.41, 5.74) is 0. The van der Waals surface area contributed by atoms with Gasteiger partial charge in [0.25, 0.3) is 0 Å². The molecule has 0 saturated carbocycles.